The van der Waals surface area contributed by atoms with E-state index in [0.717, 1.165) is 16.7 Å². The SMILES string of the molecule is CCN(Cc1ccccc1)C(=O)[C@H]1OCC(=O)N(C)[C@@H]1c1ccccc1C. The molecule has 27 heavy (non-hydrogen) atoms. The molecule has 0 aromatic heterocycles. The summed E-state index contributed by atoms with van der Waals surface area (Å²) in [5.41, 5.74) is 3.05. The van der Waals surface area contributed by atoms with Crippen LogP contribution in [-0.2, 0) is 20.9 Å². The van der Waals surface area contributed by atoms with Gasteiger partial charge in [-0.2, -0.15) is 0 Å². The van der Waals surface area contributed by atoms with Crippen molar-refractivity contribution in [1.29, 1.82) is 0 Å². The molecule has 1 aliphatic rings. The molecular weight excluding hydrogens is 340 g/mol. The van der Waals surface area contributed by atoms with Gasteiger partial charge in [-0.15, -0.1) is 0 Å². The van der Waals surface area contributed by atoms with Gasteiger partial charge in [0.25, 0.3) is 5.91 Å². The minimum Gasteiger partial charge on any atom is -0.356 e. The Labute approximate surface area is 160 Å². The molecule has 5 heteroatoms. The molecule has 1 aliphatic heterocycles. The maximum atomic E-state index is 13.3. The van der Waals surface area contributed by atoms with E-state index >= 15 is 0 Å². The largest absolute Gasteiger partial charge is 0.356 e. The third-order valence-corrected chi connectivity index (χ3v) is 5.14. The maximum absolute atomic E-state index is 13.3. The summed E-state index contributed by atoms with van der Waals surface area (Å²) in [4.78, 5) is 29.0. The first-order valence-corrected chi connectivity index (χ1v) is 9.28. The number of hydrogen-bond donors (Lipinski definition) is 0. The predicted molar refractivity (Wildman–Crippen MR) is 104 cm³/mol. The molecule has 2 aromatic carbocycles. The number of likely N-dealkylation sites (N-methyl/N-ethyl adjacent to an activating group) is 2. The van der Waals surface area contributed by atoms with E-state index in [0.29, 0.717) is 13.1 Å². The van der Waals surface area contributed by atoms with E-state index in [1.54, 1.807) is 16.8 Å². The van der Waals surface area contributed by atoms with Crippen LogP contribution >= 0.6 is 0 Å². The van der Waals surface area contributed by atoms with E-state index in [4.69, 9.17) is 4.74 Å². The summed E-state index contributed by atoms with van der Waals surface area (Å²) >= 11 is 0. The van der Waals surface area contributed by atoms with Gasteiger partial charge in [-0.1, -0.05) is 54.6 Å². The van der Waals surface area contributed by atoms with Gasteiger partial charge in [-0.3, -0.25) is 9.59 Å². The summed E-state index contributed by atoms with van der Waals surface area (Å²) in [5.74, 6) is -0.202. The molecule has 0 radical (unpaired) electrons. The molecule has 0 aliphatic carbocycles. The van der Waals surface area contributed by atoms with Gasteiger partial charge >= 0.3 is 0 Å². The van der Waals surface area contributed by atoms with Crippen LogP contribution in [0.4, 0.5) is 0 Å². The van der Waals surface area contributed by atoms with Crippen molar-refractivity contribution >= 4 is 11.8 Å². The highest BCUT2D eigenvalue weighted by atomic mass is 16.5. The summed E-state index contributed by atoms with van der Waals surface area (Å²) in [6.07, 6.45) is -0.711. The zero-order chi connectivity index (χ0) is 19.4. The monoisotopic (exact) mass is 366 g/mol. The van der Waals surface area contributed by atoms with Gasteiger partial charge < -0.3 is 14.5 Å². The first kappa shape index (κ1) is 19.1. The lowest BCUT2D eigenvalue weighted by Gasteiger charge is -2.40. The lowest BCUT2D eigenvalue weighted by Crippen LogP contribution is -2.53. The van der Waals surface area contributed by atoms with Crippen molar-refractivity contribution in [1.82, 2.24) is 9.80 Å². The zero-order valence-electron chi connectivity index (χ0n) is 16.1. The lowest BCUT2D eigenvalue weighted by molar-refractivity contribution is -0.167. The number of ether oxygens (including phenoxy) is 1. The minimum absolute atomic E-state index is 0.0713. The number of morpholine rings is 1. The molecule has 2 aromatic rings. The molecule has 1 fully saturated rings. The van der Waals surface area contributed by atoms with Crippen molar-refractivity contribution in [3.05, 3.63) is 71.3 Å². The fraction of sp³-hybridized carbons (Fsp3) is 0.364. The molecule has 5 nitrogen and oxygen atoms in total. The van der Waals surface area contributed by atoms with Gasteiger partial charge in [0.15, 0.2) is 6.10 Å². The molecule has 1 heterocycles. The first-order valence-electron chi connectivity index (χ1n) is 9.28. The number of nitrogens with zero attached hydrogens (tertiary/aromatic N) is 2. The van der Waals surface area contributed by atoms with E-state index in [1.807, 2.05) is 68.4 Å². The van der Waals surface area contributed by atoms with Crippen LogP contribution in [0.3, 0.4) is 0 Å². The van der Waals surface area contributed by atoms with Crippen molar-refractivity contribution in [2.45, 2.75) is 32.5 Å². The summed E-state index contributed by atoms with van der Waals surface area (Å²) in [6.45, 7) is 4.98. The van der Waals surface area contributed by atoms with Crippen molar-refractivity contribution < 1.29 is 14.3 Å². The molecule has 0 spiro atoms. The molecule has 1 saturated heterocycles. The molecule has 0 saturated carbocycles. The van der Waals surface area contributed by atoms with Crippen LogP contribution in [0.25, 0.3) is 0 Å². The molecule has 142 valence electrons. The quantitative estimate of drug-likeness (QED) is 0.817. The van der Waals surface area contributed by atoms with Gasteiger partial charge in [-0.05, 0) is 30.5 Å². The van der Waals surface area contributed by atoms with Crippen molar-refractivity contribution in [3.63, 3.8) is 0 Å². The Morgan fingerprint density at radius 1 is 1.15 bits per heavy atom. The van der Waals surface area contributed by atoms with E-state index in [-0.39, 0.29) is 18.4 Å². The molecule has 0 unspecified atom stereocenters. The first-order chi connectivity index (χ1) is 13.0. The van der Waals surface area contributed by atoms with Crippen molar-refractivity contribution in [2.24, 2.45) is 0 Å². The molecule has 3 rings (SSSR count). The van der Waals surface area contributed by atoms with Crippen molar-refractivity contribution in [3.8, 4) is 0 Å². The Morgan fingerprint density at radius 2 is 1.81 bits per heavy atom. The molecule has 2 atom stereocenters. The molecule has 2 amide bonds. The highest BCUT2D eigenvalue weighted by molar-refractivity contribution is 5.86. The second-order valence-electron chi connectivity index (χ2n) is 6.88. The smallest absolute Gasteiger partial charge is 0.254 e. The van der Waals surface area contributed by atoms with E-state index < -0.39 is 12.1 Å². The van der Waals surface area contributed by atoms with Gasteiger partial charge in [0.2, 0.25) is 5.91 Å². The standard InChI is InChI=1S/C22H26N2O3/c1-4-24(14-17-11-6-5-7-12-17)22(26)21-20(23(3)19(25)15-27-21)18-13-9-8-10-16(18)2/h5-13,20-21H,4,14-15H2,1-3H3/t20-,21+/m1/s1. The Morgan fingerprint density at radius 3 is 2.48 bits per heavy atom. The van der Waals surface area contributed by atoms with Crippen LogP contribution in [-0.4, -0.2) is 47.9 Å². The number of amides is 2. The van der Waals surface area contributed by atoms with Crippen LogP contribution in [0.5, 0.6) is 0 Å². The maximum Gasteiger partial charge on any atom is 0.254 e. The number of carbonyl (C=O) groups excluding carboxylic acids is 2. The fourth-order valence-electron chi connectivity index (χ4n) is 3.54. The molecular formula is C22H26N2O3. The zero-order valence-corrected chi connectivity index (χ0v) is 16.1. The highest BCUT2D eigenvalue weighted by Crippen LogP contribution is 2.32. The van der Waals surface area contributed by atoms with Crippen LogP contribution < -0.4 is 0 Å². The van der Waals surface area contributed by atoms with Crippen LogP contribution in [0.15, 0.2) is 54.6 Å². The number of carbonyl (C=O) groups is 2. The van der Waals surface area contributed by atoms with Gasteiger partial charge in [0.05, 0.1) is 6.04 Å². The van der Waals surface area contributed by atoms with Crippen LogP contribution in [0.1, 0.15) is 29.7 Å². The number of aryl methyl sites for hydroxylation is 1. The normalized spacial score (nSPS) is 19.8. The molecule has 0 N–H and O–H groups in total. The summed E-state index contributed by atoms with van der Waals surface area (Å²) in [6, 6.07) is 17.3. The van der Waals surface area contributed by atoms with Gasteiger partial charge in [0, 0.05) is 20.1 Å². The van der Waals surface area contributed by atoms with Gasteiger partial charge in [0.1, 0.15) is 6.61 Å². The van der Waals surface area contributed by atoms with E-state index in [2.05, 4.69) is 0 Å². The Balaban J connectivity index is 1.90. The second-order valence-corrected chi connectivity index (χ2v) is 6.88. The summed E-state index contributed by atoms with van der Waals surface area (Å²) in [7, 11) is 1.75. The third kappa shape index (κ3) is 4.03. The number of hydrogen-bond acceptors (Lipinski definition) is 3. The van der Waals surface area contributed by atoms with Crippen LogP contribution in [0.2, 0.25) is 0 Å². The third-order valence-electron chi connectivity index (χ3n) is 5.14. The van der Waals surface area contributed by atoms with Crippen LogP contribution in [0, 0.1) is 6.92 Å². The highest BCUT2D eigenvalue weighted by Gasteiger charge is 2.42. The Hall–Kier alpha value is -2.66. The lowest BCUT2D eigenvalue weighted by atomic mass is 9.93. The van der Waals surface area contributed by atoms with Crippen molar-refractivity contribution in [2.75, 3.05) is 20.2 Å². The number of rotatable bonds is 5. The predicted octanol–water partition coefficient (Wildman–Crippen LogP) is 2.94. The summed E-state index contributed by atoms with van der Waals surface area (Å²) < 4.78 is 5.78. The van der Waals surface area contributed by atoms with E-state index in [9.17, 15) is 9.59 Å². The fourth-order valence-corrected chi connectivity index (χ4v) is 3.54. The average molecular weight is 366 g/mol. The second kappa shape index (κ2) is 8.35. The van der Waals surface area contributed by atoms with Gasteiger partial charge in [-0.25, -0.2) is 0 Å². The Bertz CT molecular complexity index is 806. The minimum atomic E-state index is -0.711. The Kier molecular flexibility index (Phi) is 5.91. The average Bonchev–Trinajstić information content (AvgIpc) is 2.69. The van der Waals surface area contributed by atoms with E-state index in [1.165, 1.54) is 0 Å². The topological polar surface area (TPSA) is 49.9 Å². The molecule has 0 bridgehead atoms. The summed E-state index contributed by atoms with van der Waals surface area (Å²) in [5, 5.41) is 0. The number of benzene rings is 2.